The molecule has 0 saturated carbocycles. The molecule has 1 amide bonds. The number of ether oxygens (including phenoxy) is 2. The number of fused-ring (bicyclic) bond motifs is 1. The predicted octanol–water partition coefficient (Wildman–Crippen LogP) is 4.56. The van der Waals surface area contributed by atoms with Gasteiger partial charge in [0.1, 0.15) is 24.0 Å². The zero-order chi connectivity index (χ0) is 18.8. The highest BCUT2D eigenvalue weighted by Gasteiger charge is 2.17. The average Bonchev–Trinajstić information content (AvgIpc) is 3.11. The highest BCUT2D eigenvalue weighted by Crippen LogP contribution is 2.38. The quantitative estimate of drug-likeness (QED) is 0.692. The van der Waals surface area contributed by atoms with Crippen molar-refractivity contribution in [2.45, 2.75) is 6.42 Å². The lowest BCUT2D eigenvalue weighted by atomic mass is 10.2. The van der Waals surface area contributed by atoms with Gasteiger partial charge in [-0.05, 0) is 12.1 Å². The van der Waals surface area contributed by atoms with E-state index < -0.39 is 0 Å². The fourth-order valence-electron chi connectivity index (χ4n) is 2.66. The first kappa shape index (κ1) is 17.8. The predicted molar refractivity (Wildman–Crippen MR) is 102 cm³/mol. The zero-order valence-corrected chi connectivity index (χ0v) is 15.6. The van der Waals surface area contributed by atoms with Crippen LogP contribution >= 0.6 is 22.9 Å². The Morgan fingerprint density at radius 2 is 2.00 bits per heavy atom. The van der Waals surface area contributed by atoms with Crippen LogP contribution in [0.2, 0.25) is 5.02 Å². The Morgan fingerprint density at radius 3 is 2.78 bits per heavy atom. The number of aromatic nitrogens is 1. The lowest BCUT2D eigenvalue weighted by Gasteiger charge is -2.19. The molecule has 4 rings (SSSR count). The largest absolute Gasteiger partial charge is 0.486 e. The average molecular weight is 405 g/mol. The molecular formula is C19H14ClFN2O3S. The summed E-state index contributed by atoms with van der Waals surface area (Å²) in [6.45, 7) is 0.913. The smallest absolute Gasteiger partial charge is 0.230 e. The number of rotatable bonds is 4. The van der Waals surface area contributed by atoms with Crippen molar-refractivity contribution in [3.8, 4) is 22.1 Å². The van der Waals surface area contributed by atoms with Crippen molar-refractivity contribution in [3.05, 3.63) is 58.3 Å². The van der Waals surface area contributed by atoms with E-state index in [9.17, 15) is 9.18 Å². The van der Waals surface area contributed by atoms with Gasteiger partial charge in [-0.15, -0.1) is 11.3 Å². The topological polar surface area (TPSA) is 60.5 Å². The van der Waals surface area contributed by atoms with Crippen molar-refractivity contribution in [2.75, 3.05) is 18.5 Å². The maximum absolute atomic E-state index is 13.4. The number of nitrogens with one attached hydrogen (secondary N) is 1. The molecule has 0 radical (unpaired) electrons. The summed E-state index contributed by atoms with van der Waals surface area (Å²) < 4.78 is 24.3. The minimum atomic E-state index is -0.324. The van der Waals surface area contributed by atoms with Gasteiger partial charge in [0, 0.05) is 23.1 Å². The van der Waals surface area contributed by atoms with Crippen molar-refractivity contribution in [2.24, 2.45) is 0 Å². The van der Waals surface area contributed by atoms with Crippen LogP contribution in [0.5, 0.6) is 11.5 Å². The number of amides is 1. The first-order chi connectivity index (χ1) is 13.1. The highest BCUT2D eigenvalue weighted by atomic mass is 35.5. The zero-order valence-electron chi connectivity index (χ0n) is 14.0. The molecule has 2 heterocycles. The number of halogens is 2. The van der Waals surface area contributed by atoms with E-state index in [0.29, 0.717) is 51.7 Å². The van der Waals surface area contributed by atoms with Crippen LogP contribution < -0.4 is 14.8 Å². The van der Waals surface area contributed by atoms with E-state index in [1.807, 2.05) is 0 Å². The lowest BCUT2D eigenvalue weighted by Crippen LogP contribution is -2.17. The Kier molecular flexibility index (Phi) is 4.96. The number of hydrogen-bond donors (Lipinski definition) is 1. The van der Waals surface area contributed by atoms with Crippen LogP contribution in [-0.2, 0) is 11.2 Å². The van der Waals surface area contributed by atoms with Gasteiger partial charge < -0.3 is 14.8 Å². The van der Waals surface area contributed by atoms with E-state index in [0.717, 1.165) is 0 Å². The third-order valence-electron chi connectivity index (χ3n) is 3.87. The molecular weight excluding hydrogens is 391 g/mol. The maximum atomic E-state index is 13.4. The molecule has 138 valence electrons. The van der Waals surface area contributed by atoms with E-state index in [-0.39, 0.29) is 18.1 Å². The lowest BCUT2D eigenvalue weighted by molar-refractivity contribution is -0.115. The van der Waals surface area contributed by atoms with Crippen molar-refractivity contribution in [1.82, 2.24) is 4.98 Å². The molecule has 0 spiro atoms. The minimum absolute atomic E-state index is 0.0799. The third kappa shape index (κ3) is 4.04. The molecule has 0 aliphatic carbocycles. The third-order valence-corrected chi connectivity index (χ3v) is 5.12. The molecule has 0 unspecified atom stereocenters. The molecule has 1 aliphatic rings. The van der Waals surface area contributed by atoms with Crippen molar-refractivity contribution in [1.29, 1.82) is 0 Å². The molecule has 5 nitrogen and oxygen atoms in total. The molecule has 3 aromatic rings. The van der Waals surface area contributed by atoms with Crippen LogP contribution in [-0.4, -0.2) is 24.1 Å². The van der Waals surface area contributed by atoms with Crippen LogP contribution in [0.25, 0.3) is 10.6 Å². The number of nitrogens with zero attached hydrogens (tertiary/aromatic N) is 1. The fourth-order valence-corrected chi connectivity index (χ4v) is 3.68. The molecule has 1 N–H and O–H groups in total. The van der Waals surface area contributed by atoms with E-state index >= 15 is 0 Å². The molecule has 27 heavy (non-hydrogen) atoms. The summed E-state index contributed by atoms with van der Waals surface area (Å²) in [6.07, 6.45) is 0.0799. The first-order valence-corrected chi connectivity index (χ1v) is 9.43. The van der Waals surface area contributed by atoms with E-state index in [1.165, 1.54) is 23.5 Å². The van der Waals surface area contributed by atoms with Crippen molar-refractivity contribution < 1.29 is 18.7 Å². The van der Waals surface area contributed by atoms with E-state index in [4.69, 9.17) is 21.1 Å². The van der Waals surface area contributed by atoms with Gasteiger partial charge in [-0.25, -0.2) is 9.37 Å². The Hall–Kier alpha value is -2.64. The monoisotopic (exact) mass is 404 g/mol. The molecule has 1 aromatic heterocycles. The fraction of sp³-hybridized carbons (Fsp3) is 0.158. The second-order valence-corrected chi connectivity index (χ2v) is 7.12. The molecule has 0 saturated heterocycles. The van der Waals surface area contributed by atoms with Gasteiger partial charge in [-0.1, -0.05) is 23.7 Å². The summed E-state index contributed by atoms with van der Waals surface area (Å²) in [5.74, 6) is 0.520. The Balaban J connectivity index is 1.46. The molecule has 0 bridgehead atoms. The van der Waals surface area contributed by atoms with Gasteiger partial charge in [-0.2, -0.15) is 0 Å². The van der Waals surface area contributed by atoms with Crippen molar-refractivity contribution >= 4 is 34.5 Å². The number of hydrogen-bond acceptors (Lipinski definition) is 5. The SMILES string of the molecule is O=C(Cc1csc(-c2cccc(F)c2)n1)Nc1cc2c(cc1Cl)OCCO2. The number of carbonyl (C=O) groups excluding carboxylic acids is 1. The summed E-state index contributed by atoms with van der Waals surface area (Å²) in [4.78, 5) is 16.8. The van der Waals surface area contributed by atoms with Gasteiger partial charge in [-0.3, -0.25) is 4.79 Å². The molecule has 8 heteroatoms. The Labute approximate surface area is 163 Å². The second-order valence-electron chi connectivity index (χ2n) is 5.86. The van der Waals surface area contributed by atoms with Crippen LogP contribution in [0.3, 0.4) is 0 Å². The number of carbonyl (C=O) groups is 1. The summed E-state index contributed by atoms with van der Waals surface area (Å²) in [5.41, 5.74) is 1.73. The van der Waals surface area contributed by atoms with Crippen LogP contribution in [0.4, 0.5) is 10.1 Å². The minimum Gasteiger partial charge on any atom is -0.486 e. The summed E-state index contributed by atoms with van der Waals surface area (Å²) in [5, 5.41) is 5.58. The van der Waals surface area contributed by atoms with Crippen LogP contribution in [0, 0.1) is 5.82 Å². The standard InChI is InChI=1S/C19H14ClFN2O3S/c20-14-8-16-17(26-5-4-25-16)9-15(14)23-18(24)7-13-10-27-19(22-13)11-2-1-3-12(21)6-11/h1-3,6,8-10H,4-5,7H2,(H,23,24). The van der Waals surface area contributed by atoms with Crippen molar-refractivity contribution in [3.63, 3.8) is 0 Å². The first-order valence-electron chi connectivity index (χ1n) is 8.18. The summed E-state index contributed by atoms with van der Waals surface area (Å²) >= 11 is 7.57. The Morgan fingerprint density at radius 1 is 1.22 bits per heavy atom. The molecule has 0 fully saturated rings. The van der Waals surface area contributed by atoms with Gasteiger partial charge in [0.15, 0.2) is 11.5 Å². The van der Waals surface area contributed by atoms with Gasteiger partial charge in [0.05, 0.1) is 22.8 Å². The van der Waals surface area contributed by atoms with E-state index in [2.05, 4.69) is 10.3 Å². The van der Waals surface area contributed by atoms with Crippen LogP contribution in [0.15, 0.2) is 41.8 Å². The molecule has 2 aromatic carbocycles. The van der Waals surface area contributed by atoms with Gasteiger partial charge in [0.25, 0.3) is 0 Å². The summed E-state index contributed by atoms with van der Waals surface area (Å²) in [6, 6.07) is 9.47. The highest BCUT2D eigenvalue weighted by molar-refractivity contribution is 7.13. The van der Waals surface area contributed by atoms with Gasteiger partial charge in [0.2, 0.25) is 5.91 Å². The van der Waals surface area contributed by atoms with E-state index in [1.54, 1.807) is 29.6 Å². The molecule has 0 atom stereocenters. The van der Waals surface area contributed by atoms with Gasteiger partial charge >= 0.3 is 0 Å². The second kappa shape index (κ2) is 7.54. The number of anilines is 1. The number of benzene rings is 2. The molecule has 1 aliphatic heterocycles. The van der Waals surface area contributed by atoms with Crippen LogP contribution in [0.1, 0.15) is 5.69 Å². The summed E-state index contributed by atoms with van der Waals surface area (Å²) in [7, 11) is 0. The maximum Gasteiger partial charge on any atom is 0.230 e. The Bertz CT molecular complexity index is 1010. The normalized spacial score (nSPS) is 12.7. The number of thiazole rings is 1.